The molecule has 2 aliphatic rings. The van der Waals surface area contributed by atoms with Gasteiger partial charge in [0.25, 0.3) is 11.8 Å². The van der Waals surface area contributed by atoms with Gasteiger partial charge < -0.3 is 20.1 Å². The number of carbonyl (C=O) groups is 4. The zero-order chi connectivity index (χ0) is 18.3. The van der Waals surface area contributed by atoms with E-state index in [4.69, 9.17) is 9.47 Å². The molecule has 1 saturated heterocycles. The number of nitrogens with one attached hydrogen (secondary N) is 2. The van der Waals surface area contributed by atoms with Crippen LogP contribution in [0.4, 0.5) is 4.79 Å². The highest BCUT2D eigenvalue weighted by Crippen LogP contribution is 2.33. The normalized spacial score (nSPS) is 19.0. The van der Waals surface area contributed by atoms with Gasteiger partial charge in [0, 0.05) is 20.2 Å². The van der Waals surface area contributed by atoms with Crippen molar-refractivity contribution in [3.63, 3.8) is 0 Å². The van der Waals surface area contributed by atoms with Crippen LogP contribution in [0.15, 0.2) is 0 Å². The summed E-state index contributed by atoms with van der Waals surface area (Å²) in [4.78, 5) is 48.8. The first-order valence-corrected chi connectivity index (χ1v) is 8.54. The zero-order valence-corrected chi connectivity index (χ0v) is 14.5. The molecular weight excluding hydrogens is 330 g/mol. The van der Waals surface area contributed by atoms with Crippen LogP contribution in [0.25, 0.3) is 0 Å². The van der Waals surface area contributed by atoms with Crippen LogP contribution in [0, 0.1) is 0 Å². The van der Waals surface area contributed by atoms with Crippen molar-refractivity contribution in [2.75, 3.05) is 33.4 Å². The first kappa shape index (κ1) is 19.2. The van der Waals surface area contributed by atoms with Gasteiger partial charge in [-0.2, -0.15) is 0 Å². The Balaban J connectivity index is 1.73. The van der Waals surface area contributed by atoms with Crippen molar-refractivity contribution < 1.29 is 28.7 Å². The Bertz CT molecular complexity index is 530. The maximum atomic E-state index is 12.5. The number of imide groups is 1. The molecule has 1 aliphatic heterocycles. The number of rotatable bonds is 8. The predicted molar refractivity (Wildman–Crippen MR) is 86.5 cm³/mol. The summed E-state index contributed by atoms with van der Waals surface area (Å²) in [6.07, 6.45) is 4.00. The van der Waals surface area contributed by atoms with E-state index in [0.717, 1.165) is 24.2 Å². The molecule has 0 radical (unpaired) electrons. The van der Waals surface area contributed by atoms with Crippen molar-refractivity contribution in [1.82, 2.24) is 15.5 Å². The molecule has 1 aliphatic carbocycles. The highest BCUT2D eigenvalue weighted by molar-refractivity contribution is 6.07. The van der Waals surface area contributed by atoms with Gasteiger partial charge in [-0.25, -0.2) is 4.79 Å². The minimum atomic E-state index is -0.791. The quantitative estimate of drug-likeness (QED) is 0.358. The molecule has 1 heterocycles. The maximum Gasteiger partial charge on any atom is 0.325 e. The Kier molecular flexibility index (Phi) is 6.74. The number of hydrogen-bond donors (Lipinski definition) is 2. The van der Waals surface area contributed by atoms with E-state index in [-0.39, 0.29) is 18.9 Å². The summed E-state index contributed by atoms with van der Waals surface area (Å²) in [5, 5.41) is 5.30. The third-order valence-electron chi connectivity index (χ3n) is 4.49. The largest absolute Gasteiger partial charge is 0.456 e. The molecule has 1 saturated carbocycles. The molecule has 9 heteroatoms. The van der Waals surface area contributed by atoms with Crippen molar-refractivity contribution in [1.29, 1.82) is 0 Å². The van der Waals surface area contributed by atoms with Crippen LogP contribution in [0.3, 0.4) is 0 Å². The summed E-state index contributed by atoms with van der Waals surface area (Å²) >= 11 is 0. The molecule has 4 amide bonds. The van der Waals surface area contributed by atoms with Crippen LogP contribution < -0.4 is 10.6 Å². The van der Waals surface area contributed by atoms with E-state index < -0.39 is 30.1 Å². The van der Waals surface area contributed by atoms with Crippen molar-refractivity contribution in [3.8, 4) is 0 Å². The number of hydrogen-bond acceptors (Lipinski definition) is 6. The van der Waals surface area contributed by atoms with Crippen LogP contribution in [-0.2, 0) is 23.9 Å². The summed E-state index contributed by atoms with van der Waals surface area (Å²) < 4.78 is 9.62. The molecule has 140 valence electrons. The summed E-state index contributed by atoms with van der Waals surface area (Å²) in [6, 6.07) is -0.461. The lowest BCUT2D eigenvalue weighted by Gasteiger charge is -2.30. The first-order chi connectivity index (χ1) is 12.0. The second-order valence-electron chi connectivity index (χ2n) is 6.28. The molecule has 0 aromatic carbocycles. The van der Waals surface area contributed by atoms with E-state index in [1.165, 1.54) is 7.11 Å². The number of urea groups is 1. The highest BCUT2D eigenvalue weighted by atomic mass is 16.5. The van der Waals surface area contributed by atoms with Gasteiger partial charge in [-0.3, -0.25) is 19.3 Å². The number of nitrogens with zero attached hydrogens (tertiary/aromatic N) is 1. The smallest absolute Gasteiger partial charge is 0.325 e. The Hall–Kier alpha value is -2.16. The lowest BCUT2D eigenvalue weighted by Crippen LogP contribution is -2.48. The summed E-state index contributed by atoms with van der Waals surface area (Å²) in [6.45, 7) is 0.258. The SMILES string of the molecule is COCCNC(=O)COC(=O)CCN1C(=O)NC2(CCCCC2)C1=O. The molecule has 0 aromatic heterocycles. The lowest BCUT2D eigenvalue weighted by atomic mass is 9.82. The summed E-state index contributed by atoms with van der Waals surface area (Å²) in [5.74, 6) is -1.32. The molecule has 0 unspecified atom stereocenters. The Morgan fingerprint density at radius 3 is 2.64 bits per heavy atom. The second-order valence-corrected chi connectivity index (χ2v) is 6.28. The van der Waals surface area contributed by atoms with E-state index in [2.05, 4.69) is 10.6 Å². The van der Waals surface area contributed by atoms with Crippen LogP contribution in [0.2, 0.25) is 0 Å². The van der Waals surface area contributed by atoms with Crippen LogP contribution in [0.5, 0.6) is 0 Å². The average Bonchev–Trinajstić information content (AvgIpc) is 2.82. The number of amides is 4. The van der Waals surface area contributed by atoms with E-state index in [1.807, 2.05) is 0 Å². The Labute approximate surface area is 146 Å². The topological polar surface area (TPSA) is 114 Å². The fraction of sp³-hybridized carbons (Fsp3) is 0.750. The fourth-order valence-corrected chi connectivity index (χ4v) is 3.14. The molecule has 25 heavy (non-hydrogen) atoms. The average molecular weight is 355 g/mol. The zero-order valence-electron chi connectivity index (χ0n) is 14.5. The van der Waals surface area contributed by atoms with Crippen molar-refractivity contribution in [2.45, 2.75) is 44.1 Å². The number of ether oxygens (including phenoxy) is 2. The second kappa shape index (κ2) is 8.80. The fourth-order valence-electron chi connectivity index (χ4n) is 3.14. The molecule has 9 nitrogen and oxygen atoms in total. The maximum absolute atomic E-state index is 12.5. The molecule has 2 N–H and O–H groups in total. The third kappa shape index (κ3) is 4.91. The number of carbonyl (C=O) groups excluding carboxylic acids is 4. The van der Waals surface area contributed by atoms with Gasteiger partial charge in [0.2, 0.25) is 0 Å². The number of methoxy groups -OCH3 is 1. The van der Waals surface area contributed by atoms with E-state index in [1.54, 1.807) is 0 Å². The van der Waals surface area contributed by atoms with Crippen LogP contribution >= 0.6 is 0 Å². The van der Waals surface area contributed by atoms with Gasteiger partial charge in [0.1, 0.15) is 5.54 Å². The monoisotopic (exact) mass is 355 g/mol. The predicted octanol–water partition coefficient (Wildman–Crippen LogP) is -0.0630. The molecule has 2 rings (SSSR count). The van der Waals surface area contributed by atoms with Crippen LogP contribution in [-0.4, -0.2) is 67.7 Å². The van der Waals surface area contributed by atoms with E-state index in [9.17, 15) is 19.2 Å². The van der Waals surface area contributed by atoms with Gasteiger partial charge in [-0.15, -0.1) is 0 Å². The van der Waals surface area contributed by atoms with Crippen LogP contribution in [0.1, 0.15) is 38.5 Å². The molecule has 0 atom stereocenters. The third-order valence-corrected chi connectivity index (χ3v) is 4.49. The van der Waals surface area contributed by atoms with Gasteiger partial charge in [-0.1, -0.05) is 19.3 Å². The highest BCUT2D eigenvalue weighted by Gasteiger charge is 2.51. The Morgan fingerprint density at radius 1 is 1.24 bits per heavy atom. The van der Waals surface area contributed by atoms with Crippen molar-refractivity contribution >= 4 is 23.8 Å². The van der Waals surface area contributed by atoms with E-state index >= 15 is 0 Å². The minimum absolute atomic E-state index is 0.0451. The molecule has 0 aromatic rings. The molecule has 1 spiro atoms. The number of esters is 1. The Morgan fingerprint density at radius 2 is 1.96 bits per heavy atom. The van der Waals surface area contributed by atoms with Gasteiger partial charge in [0.05, 0.1) is 13.0 Å². The molecular formula is C16H25N3O6. The lowest BCUT2D eigenvalue weighted by molar-refractivity contribution is -0.149. The molecule has 2 fully saturated rings. The van der Waals surface area contributed by atoms with Crippen molar-refractivity contribution in [2.24, 2.45) is 0 Å². The van der Waals surface area contributed by atoms with E-state index in [0.29, 0.717) is 26.0 Å². The summed E-state index contributed by atoms with van der Waals surface area (Å²) in [5.41, 5.74) is -0.791. The molecule has 0 bridgehead atoms. The standard InChI is InChI=1S/C16H25N3O6/c1-24-10-8-17-12(20)11-25-13(21)5-9-19-14(22)16(18-15(19)23)6-3-2-4-7-16/h2-11H2,1H3,(H,17,20)(H,18,23). The van der Waals surface area contributed by atoms with Crippen molar-refractivity contribution in [3.05, 3.63) is 0 Å². The van der Waals surface area contributed by atoms with Gasteiger partial charge >= 0.3 is 12.0 Å². The minimum Gasteiger partial charge on any atom is -0.456 e. The van der Waals surface area contributed by atoms with Gasteiger partial charge in [0.15, 0.2) is 6.61 Å². The first-order valence-electron chi connectivity index (χ1n) is 8.54. The summed E-state index contributed by atoms with van der Waals surface area (Å²) in [7, 11) is 1.51. The van der Waals surface area contributed by atoms with Gasteiger partial charge in [-0.05, 0) is 12.8 Å².